The summed E-state index contributed by atoms with van der Waals surface area (Å²) in [6, 6.07) is 21.6. The third-order valence-corrected chi connectivity index (χ3v) is 7.71. The Morgan fingerprint density at radius 2 is 0.846 bits per heavy atom. The Morgan fingerprint density at radius 1 is 0.513 bits per heavy atom. The van der Waals surface area contributed by atoms with Crippen molar-refractivity contribution in [2.45, 2.75) is 40.4 Å². The second-order valence-corrected chi connectivity index (χ2v) is 10.0. The Kier molecular flexibility index (Phi) is 7.91. The largest absolute Gasteiger partial charge is 0.411 e. The van der Waals surface area contributed by atoms with Gasteiger partial charge in [0.05, 0.1) is 0 Å². The van der Waals surface area contributed by atoms with Crippen LogP contribution in [-0.4, -0.2) is 12.4 Å². The van der Waals surface area contributed by atoms with Gasteiger partial charge in [0, 0.05) is 21.2 Å². The van der Waals surface area contributed by atoms with Gasteiger partial charge in [-0.1, -0.05) is 84.9 Å². The van der Waals surface area contributed by atoms with E-state index in [2.05, 4.69) is 25.3 Å². The first-order chi connectivity index (χ1) is 18.3. The Balaban J connectivity index is 1.93. The second kappa shape index (κ2) is 10.7. The molecule has 0 unspecified atom stereocenters. The predicted molar refractivity (Wildman–Crippen MR) is 148 cm³/mol. The average Bonchev–Trinajstić information content (AvgIpc) is 2.87. The first-order valence-electron chi connectivity index (χ1n) is 11.7. The number of hydrogen-bond donors (Lipinski definition) is 4. The summed E-state index contributed by atoms with van der Waals surface area (Å²) in [4.78, 5) is -1.23. The Labute approximate surface area is 232 Å². The monoisotopic (exact) mass is 578 g/mol. The number of nitrogens with two attached hydrogens (primary N) is 2. The summed E-state index contributed by atoms with van der Waals surface area (Å²) in [5.41, 5.74) is 7.15. The van der Waals surface area contributed by atoms with Crippen molar-refractivity contribution in [3.63, 3.8) is 0 Å². The third kappa shape index (κ3) is 5.19. The molecule has 0 aliphatic heterocycles. The third-order valence-electron chi connectivity index (χ3n) is 6.75. The number of nitrogen functional groups attached to an aromatic ring is 2. The first-order valence-corrected chi connectivity index (χ1v) is 12.6. The van der Waals surface area contributed by atoms with Crippen molar-refractivity contribution < 1.29 is 26.3 Å². The molecular formula is C29H24F6N2S2. The van der Waals surface area contributed by atoms with Crippen LogP contribution in [0, 0.1) is 0 Å². The standard InChI is InChI=1S/C29H24F6N2S2/c30-28(31,32)27(29(33,34)35,21-13-11-19(23(36)25(21)38)15-17-7-3-1-4-8-17)22-14-12-20(24(37)26(22)39)16-18-9-5-2-6-10-18/h1-14,38-39H,15-16,36-37H2. The van der Waals surface area contributed by atoms with E-state index in [-0.39, 0.29) is 24.2 Å². The molecule has 4 rings (SSSR count). The van der Waals surface area contributed by atoms with E-state index < -0.39 is 38.7 Å². The van der Waals surface area contributed by atoms with Crippen LogP contribution in [0.5, 0.6) is 0 Å². The fraction of sp³-hybridized carbons (Fsp3) is 0.172. The minimum absolute atomic E-state index is 0.199. The van der Waals surface area contributed by atoms with Gasteiger partial charge in [-0.25, -0.2) is 0 Å². The number of benzene rings is 4. The maximum absolute atomic E-state index is 14.9. The van der Waals surface area contributed by atoms with Gasteiger partial charge in [0.2, 0.25) is 5.41 Å². The molecule has 0 aliphatic rings. The minimum Gasteiger partial charge on any atom is -0.398 e. The van der Waals surface area contributed by atoms with Crippen molar-refractivity contribution in [2.75, 3.05) is 11.5 Å². The smallest absolute Gasteiger partial charge is 0.398 e. The van der Waals surface area contributed by atoms with Crippen molar-refractivity contribution in [1.82, 2.24) is 0 Å². The van der Waals surface area contributed by atoms with Gasteiger partial charge in [0.25, 0.3) is 0 Å². The summed E-state index contributed by atoms with van der Waals surface area (Å²) >= 11 is 8.24. The lowest BCUT2D eigenvalue weighted by atomic mass is 9.71. The van der Waals surface area contributed by atoms with Crippen molar-refractivity contribution in [1.29, 1.82) is 0 Å². The molecule has 0 amide bonds. The molecule has 204 valence electrons. The van der Waals surface area contributed by atoms with Crippen LogP contribution in [0.15, 0.2) is 94.7 Å². The molecule has 4 N–H and O–H groups in total. The maximum atomic E-state index is 14.9. The molecule has 0 aliphatic carbocycles. The molecule has 39 heavy (non-hydrogen) atoms. The molecule has 10 heteroatoms. The van der Waals surface area contributed by atoms with Gasteiger partial charge < -0.3 is 11.5 Å². The lowest BCUT2D eigenvalue weighted by molar-refractivity contribution is -0.289. The van der Waals surface area contributed by atoms with Crippen molar-refractivity contribution in [3.8, 4) is 0 Å². The van der Waals surface area contributed by atoms with Crippen LogP contribution in [0.4, 0.5) is 37.7 Å². The van der Waals surface area contributed by atoms with E-state index in [1.807, 2.05) is 0 Å². The highest BCUT2D eigenvalue weighted by atomic mass is 32.1. The zero-order valence-electron chi connectivity index (χ0n) is 20.3. The average molecular weight is 579 g/mol. The van der Waals surface area contributed by atoms with Gasteiger partial charge in [-0.2, -0.15) is 26.3 Å². The molecule has 0 fully saturated rings. The van der Waals surface area contributed by atoms with Crippen LogP contribution in [-0.2, 0) is 18.3 Å². The summed E-state index contributed by atoms with van der Waals surface area (Å²) < 4.78 is 89.3. The van der Waals surface area contributed by atoms with Crippen LogP contribution < -0.4 is 11.5 Å². The lowest BCUT2D eigenvalue weighted by Crippen LogP contribution is -2.55. The molecule has 0 saturated heterocycles. The number of hydrogen-bond acceptors (Lipinski definition) is 4. The SMILES string of the molecule is Nc1c(Cc2ccccc2)ccc(C(c2ccc(Cc3ccccc3)c(N)c2S)(C(F)(F)F)C(F)(F)F)c1S. The van der Waals surface area contributed by atoms with E-state index in [1.54, 1.807) is 60.7 Å². The van der Waals surface area contributed by atoms with Crippen LogP contribution in [0.25, 0.3) is 0 Å². The van der Waals surface area contributed by atoms with E-state index in [4.69, 9.17) is 11.5 Å². The highest BCUT2D eigenvalue weighted by molar-refractivity contribution is 7.80. The van der Waals surface area contributed by atoms with E-state index in [1.165, 1.54) is 12.1 Å². The topological polar surface area (TPSA) is 52.0 Å². The zero-order chi connectivity index (χ0) is 28.6. The lowest BCUT2D eigenvalue weighted by Gasteiger charge is -2.40. The van der Waals surface area contributed by atoms with Crippen molar-refractivity contribution in [3.05, 3.63) is 118 Å². The van der Waals surface area contributed by atoms with Crippen molar-refractivity contribution in [2.24, 2.45) is 0 Å². The number of halogens is 6. The number of anilines is 2. The van der Waals surface area contributed by atoms with Gasteiger partial charge in [-0.15, -0.1) is 25.3 Å². The van der Waals surface area contributed by atoms with Crippen LogP contribution in [0.2, 0.25) is 0 Å². The summed E-state index contributed by atoms with van der Waals surface area (Å²) in [6.07, 6.45) is -11.3. The Hall–Kier alpha value is -3.24. The number of thiol groups is 2. The molecule has 0 bridgehead atoms. The maximum Gasteiger partial charge on any atom is 0.411 e. The molecule has 0 saturated carbocycles. The van der Waals surface area contributed by atoms with Gasteiger partial charge >= 0.3 is 12.4 Å². The summed E-state index contributed by atoms with van der Waals surface area (Å²) in [6.45, 7) is 0. The Morgan fingerprint density at radius 3 is 1.15 bits per heavy atom. The zero-order valence-corrected chi connectivity index (χ0v) is 22.1. The second-order valence-electron chi connectivity index (χ2n) is 9.14. The Bertz CT molecular complexity index is 1360. The van der Waals surface area contributed by atoms with Crippen molar-refractivity contribution >= 4 is 36.6 Å². The molecule has 0 radical (unpaired) electrons. The quantitative estimate of drug-likeness (QED) is 0.106. The van der Waals surface area contributed by atoms with Gasteiger partial charge in [0.1, 0.15) is 0 Å². The van der Waals surface area contributed by atoms with E-state index in [0.29, 0.717) is 11.1 Å². The molecule has 0 spiro atoms. The van der Waals surface area contributed by atoms with E-state index in [9.17, 15) is 26.3 Å². The van der Waals surface area contributed by atoms with Crippen LogP contribution >= 0.6 is 25.3 Å². The molecule has 2 nitrogen and oxygen atoms in total. The summed E-state index contributed by atoms with van der Waals surface area (Å²) in [5, 5.41) is 0. The van der Waals surface area contributed by atoms with Gasteiger partial charge in [-0.3, -0.25) is 0 Å². The highest BCUT2D eigenvalue weighted by Gasteiger charge is 2.73. The predicted octanol–water partition coefficient (Wildman–Crippen LogP) is 8.02. The molecule has 0 atom stereocenters. The molecule has 0 heterocycles. The summed E-state index contributed by atoms with van der Waals surface area (Å²) in [7, 11) is 0. The van der Waals surface area contributed by atoms with Crippen LogP contribution in [0.1, 0.15) is 33.4 Å². The minimum atomic E-state index is -5.85. The normalized spacial score (nSPS) is 12.5. The summed E-state index contributed by atoms with van der Waals surface area (Å²) in [5.74, 6) is 0. The fourth-order valence-electron chi connectivity index (χ4n) is 4.76. The fourth-order valence-corrected chi connectivity index (χ4v) is 5.53. The highest BCUT2D eigenvalue weighted by Crippen LogP contribution is 2.59. The number of alkyl halides is 6. The van der Waals surface area contributed by atoms with E-state index in [0.717, 1.165) is 23.3 Å². The number of rotatable bonds is 6. The van der Waals surface area contributed by atoms with E-state index >= 15 is 0 Å². The molecule has 0 aromatic heterocycles. The molecule has 4 aromatic rings. The molecular weight excluding hydrogens is 554 g/mol. The molecule has 4 aromatic carbocycles. The first kappa shape index (κ1) is 28.8. The van der Waals surface area contributed by atoms with Gasteiger partial charge in [0.15, 0.2) is 0 Å². The van der Waals surface area contributed by atoms with Crippen LogP contribution in [0.3, 0.4) is 0 Å². The van der Waals surface area contributed by atoms with Gasteiger partial charge in [-0.05, 0) is 46.2 Å².